The Kier molecular flexibility index (Phi) is 6.97. The molecule has 0 spiro atoms. The van der Waals surface area contributed by atoms with Gasteiger partial charge in [-0.25, -0.2) is 13.8 Å². The van der Waals surface area contributed by atoms with Gasteiger partial charge in [0, 0.05) is 24.0 Å². The first-order valence-corrected chi connectivity index (χ1v) is 12.2. The van der Waals surface area contributed by atoms with Crippen molar-refractivity contribution in [2.24, 2.45) is 0 Å². The number of pyridine rings is 1. The number of carbonyl (C=O) groups excluding carboxylic acids is 1. The van der Waals surface area contributed by atoms with Crippen LogP contribution in [0.25, 0.3) is 11.4 Å². The Hall–Kier alpha value is -4.44. The number of aromatic nitrogens is 3. The fraction of sp³-hybridized carbons (Fsp3) is 0.214. The van der Waals surface area contributed by atoms with Crippen LogP contribution in [0.1, 0.15) is 18.1 Å². The third kappa shape index (κ3) is 5.03. The Labute approximate surface area is 218 Å². The van der Waals surface area contributed by atoms with Crippen molar-refractivity contribution >= 4 is 23.0 Å². The second-order valence-corrected chi connectivity index (χ2v) is 9.12. The van der Waals surface area contributed by atoms with Gasteiger partial charge in [0.05, 0.1) is 30.7 Å². The molecule has 1 amide bonds. The van der Waals surface area contributed by atoms with E-state index in [-0.39, 0.29) is 24.0 Å². The first-order chi connectivity index (χ1) is 18.3. The van der Waals surface area contributed by atoms with Gasteiger partial charge in [0.2, 0.25) is 5.91 Å². The average Bonchev–Trinajstić information content (AvgIpc) is 3.34. The van der Waals surface area contributed by atoms with E-state index < -0.39 is 17.4 Å². The maximum Gasteiger partial charge on any atom is 0.277 e. The molecule has 2 aromatic heterocycles. The van der Waals surface area contributed by atoms with Crippen molar-refractivity contribution < 1.29 is 13.6 Å². The topological polar surface area (TPSA) is 92.2 Å². The van der Waals surface area contributed by atoms with Crippen LogP contribution in [0, 0.1) is 11.6 Å². The number of benzene rings is 2. The van der Waals surface area contributed by atoms with Crippen molar-refractivity contribution in [3.8, 4) is 11.4 Å². The molecule has 0 saturated carbocycles. The Morgan fingerprint density at radius 3 is 2.58 bits per heavy atom. The number of hydrogen-bond acceptors (Lipinski definition) is 6. The molecule has 2 aromatic carbocycles. The maximum atomic E-state index is 13.7. The number of hydrogen-bond donors (Lipinski definition) is 2. The molecule has 8 nitrogen and oxygen atoms in total. The Bertz CT molecular complexity index is 1550. The van der Waals surface area contributed by atoms with Gasteiger partial charge < -0.3 is 15.5 Å². The molecule has 38 heavy (non-hydrogen) atoms. The molecule has 1 unspecified atom stereocenters. The normalized spacial score (nSPS) is 13.3. The van der Waals surface area contributed by atoms with Gasteiger partial charge in [-0.2, -0.15) is 0 Å². The van der Waals surface area contributed by atoms with Gasteiger partial charge in [-0.1, -0.05) is 0 Å². The second kappa shape index (κ2) is 10.5. The minimum atomic E-state index is -0.516. The number of rotatable bonds is 7. The van der Waals surface area contributed by atoms with Crippen LogP contribution in [0.3, 0.4) is 0 Å². The van der Waals surface area contributed by atoms with E-state index in [0.29, 0.717) is 24.4 Å². The number of fused-ring (bicyclic) bond motifs is 1. The zero-order valence-corrected chi connectivity index (χ0v) is 20.9. The molecule has 5 rings (SSSR count). The van der Waals surface area contributed by atoms with Crippen molar-refractivity contribution in [2.75, 3.05) is 23.8 Å². The van der Waals surface area contributed by atoms with Gasteiger partial charge in [0.25, 0.3) is 5.56 Å². The molecule has 0 aliphatic carbocycles. The number of nitrogens with one attached hydrogen (secondary N) is 2. The third-order valence-corrected chi connectivity index (χ3v) is 6.60. The van der Waals surface area contributed by atoms with Gasteiger partial charge in [0.1, 0.15) is 23.1 Å². The van der Waals surface area contributed by atoms with Crippen LogP contribution < -0.4 is 21.1 Å². The first-order valence-electron chi connectivity index (χ1n) is 12.2. The van der Waals surface area contributed by atoms with E-state index in [9.17, 15) is 18.4 Å². The molecule has 3 heterocycles. The lowest BCUT2D eigenvalue weighted by molar-refractivity contribution is -0.117. The lowest BCUT2D eigenvalue weighted by Gasteiger charge is -2.20. The number of carbonyl (C=O) groups is 1. The molecule has 10 heteroatoms. The molecule has 0 bridgehead atoms. The number of halogens is 2. The fourth-order valence-electron chi connectivity index (χ4n) is 4.46. The fourth-order valence-corrected chi connectivity index (χ4v) is 4.46. The summed E-state index contributed by atoms with van der Waals surface area (Å²) in [4.78, 5) is 36.9. The smallest absolute Gasteiger partial charge is 0.277 e. The predicted molar refractivity (Wildman–Crippen MR) is 141 cm³/mol. The first kappa shape index (κ1) is 25.2. The van der Waals surface area contributed by atoms with E-state index in [1.807, 2.05) is 6.07 Å². The molecule has 4 aromatic rings. The van der Waals surface area contributed by atoms with E-state index in [4.69, 9.17) is 0 Å². The molecule has 1 atom stereocenters. The molecular weight excluding hydrogens is 490 g/mol. The zero-order chi connectivity index (χ0) is 26.8. The van der Waals surface area contributed by atoms with E-state index in [1.165, 1.54) is 29.0 Å². The third-order valence-electron chi connectivity index (χ3n) is 6.60. The van der Waals surface area contributed by atoms with Crippen molar-refractivity contribution in [1.29, 1.82) is 0 Å². The monoisotopic (exact) mass is 516 g/mol. The van der Waals surface area contributed by atoms with Gasteiger partial charge in [-0.05, 0) is 80.1 Å². The highest BCUT2D eigenvalue weighted by Crippen LogP contribution is 2.35. The summed E-state index contributed by atoms with van der Waals surface area (Å²) in [5, 5.41) is 5.47. The Morgan fingerprint density at radius 2 is 1.82 bits per heavy atom. The van der Waals surface area contributed by atoms with Crippen LogP contribution in [0.15, 0.2) is 71.9 Å². The standard InChI is InChI=1S/C28H26F2N6O2/c1-17(31-2)27(37)34-24-15-33-26(19-3-5-21(29)6-4-19)36(28(24)38)16-18-11-23(14-32-13-18)35-10-9-20-12-22(30)7-8-25(20)35/h3-8,11-15,17,31H,9-10,16H2,1-2H3,(H,34,37). The summed E-state index contributed by atoms with van der Waals surface area (Å²) in [5.74, 6) is -0.730. The summed E-state index contributed by atoms with van der Waals surface area (Å²) < 4.78 is 28.7. The Balaban J connectivity index is 1.53. The van der Waals surface area contributed by atoms with E-state index >= 15 is 0 Å². The molecule has 1 aliphatic rings. The molecular formula is C28H26F2N6O2. The van der Waals surface area contributed by atoms with Crippen molar-refractivity contribution in [1.82, 2.24) is 19.9 Å². The van der Waals surface area contributed by atoms with Crippen LogP contribution in [-0.2, 0) is 17.8 Å². The summed E-state index contributed by atoms with van der Waals surface area (Å²) in [7, 11) is 1.65. The lowest BCUT2D eigenvalue weighted by Crippen LogP contribution is -2.38. The largest absolute Gasteiger partial charge is 0.340 e. The van der Waals surface area contributed by atoms with Gasteiger partial charge in [0.15, 0.2) is 0 Å². The van der Waals surface area contributed by atoms with Gasteiger partial charge in [-0.15, -0.1) is 0 Å². The summed E-state index contributed by atoms with van der Waals surface area (Å²) in [6.07, 6.45) is 5.40. The quantitative estimate of drug-likeness (QED) is 0.388. The molecule has 194 valence electrons. The highest BCUT2D eigenvalue weighted by Gasteiger charge is 2.22. The summed E-state index contributed by atoms with van der Waals surface area (Å²) in [6, 6.07) is 11.8. The van der Waals surface area contributed by atoms with Crippen LogP contribution in [0.2, 0.25) is 0 Å². The number of anilines is 3. The van der Waals surface area contributed by atoms with Gasteiger partial charge in [-0.3, -0.25) is 19.1 Å². The molecule has 1 aliphatic heterocycles. The zero-order valence-electron chi connectivity index (χ0n) is 20.9. The lowest BCUT2D eigenvalue weighted by atomic mass is 10.1. The van der Waals surface area contributed by atoms with E-state index in [1.54, 1.807) is 50.6 Å². The number of likely N-dealkylation sites (N-methyl/N-ethyl adjacent to an activating group) is 1. The van der Waals surface area contributed by atoms with Crippen LogP contribution >= 0.6 is 0 Å². The molecule has 0 fully saturated rings. The highest BCUT2D eigenvalue weighted by atomic mass is 19.1. The number of amides is 1. The van der Waals surface area contributed by atoms with Crippen molar-refractivity contribution in [2.45, 2.75) is 25.9 Å². The predicted octanol–water partition coefficient (Wildman–Crippen LogP) is 3.87. The van der Waals surface area contributed by atoms with E-state index in [0.717, 1.165) is 22.5 Å². The maximum absolute atomic E-state index is 13.7. The van der Waals surface area contributed by atoms with Gasteiger partial charge >= 0.3 is 0 Å². The minimum Gasteiger partial charge on any atom is -0.340 e. The average molecular weight is 517 g/mol. The molecule has 0 saturated heterocycles. The van der Waals surface area contributed by atoms with Crippen LogP contribution in [-0.4, -0.2) is 40.1 Å². The molecule has 2 N–H and O–H groups in total. The second-order valence-electron chi connectivity index (χ2n) is 9.12. The minimum absolute atomic E-state index is 0.0302. The Morgan fingerprint density at radius 1 is 1.05 bits per heavy atom. The summed E-state index contributed by atoms with van der Waals surface area (Å²) >= 11 is 0. The number of nitrogens with zero attached hydrogens (tertiary/aromatic N) is 4. The van der Waals surface area contributed by atoms with E-state index in [2.05, 4.69) is 25.5 Å². The summed E-state index contributed by atoms with van der Waals surface area (Å²) in [5.41, 5.74) is 3.49. The van der Waals surface area contributed by atoms with Crippen molar-refractivity contribution in [3.05, 3.63) is 100 Å². The summed E-state index contributed by atoms with van der Waals surface area (Å²) in [6.45, 7) is 2.46. The van der Waals surface area contributed by atoms with Crippen molar-refractivity contribution in [3.63, 3.8) is 0 Å². The molecule has 0 radical (unpaired) electrons. The van der Waals surface area contributed by atoms with Crippen LogP contribution in [0.5, 0.6) is 0 Å². The highest BCUT2D eigenvalue weighted by molar-refractivity contribution is 5.94. The van der Waals surface area contributed by atoms with Crippen LogP contribution in [0.4, 0.5) is 25.8 Å². The SMILES string of the molecule is CNC(C)C(=O)Nc1cnc(-c2ccc(F)cc2)n(Cc2cncc(N3CCc4cc(F)ccc43)c2)c1=O.